The van der Waals surface area contributed by atoms with Crippen molar-refractivity contribution in [2.75, 3.05) is 39.6 Å². The maximum atomic E-state index is 12.9. The van der Waals surface area contributed by atoms with Gasteiger partial charge in [0.05, 0.1) is 45.2 Å². The van der Waals surface area contributed by atoms with Crippen molar-refractivity contribution in [1.29, 1.82) is 0 Å². The molecule has 5 rings (SSSR count). The van der Waals surface area contributed by atoms with Crippen LogP contribution in [0.4, 0.5) is 0 Å². The number of rotatable bonds is 19. The highest BCUT2D eigenvalue weighted by Crippen LogP contribution is 2.39. The largest absolute Gasteiger partial charge is 0.477 e. The van der Waals surface area contributed by atoms with Gasteiger partial charge >= 0.3 is 5.97 Å². The number of carboxylic acid groups (broad SMARTS) is 1. The summed E-state index contributed by atoms with van der Waals surface area (Å²) in [6, 6.07) is -3.64. The second kappa shape index (κ2) is 24.4. The molecule has 5 aliphatic rings. The van der Waals surface area contributed by atoms with Crippen molar-refractivity contribution >= 4 is 17.8 Å². The van der Waals surface area contributed by atoms with Crippen molar-refractivity contribution in [1.82, 2.24) is 10.6 Å². The zero-order valence-electron chi connectivity index (χ0n) is 36.3. The van der Waals surface area contributed by atoms with Crippen LogP contribution >= 0.6 is 0 Å². The summed E-state index contributed by atoms with van der Waals surface area (Å²) < 4.78 is 50.4. The third kappa shape index (κ3) is 12.3. The van der Waals surface area contributed by atoms with E-state index >= 15 is 0 Å². The van der Waals surface area contributed by atoms with E-state index in [9.17, 15) is 106 Å². The highest BCUT2D eigenvalue weighted by molar-refractivity contribution is 5.78. The molecule has 400 valence electrons. The van der Waals surface area contributed by atoms with E-state index in [4.69, 9.17) is 42.6 Å². The Morgan fingerprint density at radius 3 is 1.59 bits per heavy atom. The molecule has 0 aromatic rings. The minimum absolute atomic E-state index is 0.894. The zero-order valence-corrected chi connectivity index (χ0v) is 36.3. The van der Waals surface area contributed by atoms with Crippen molar-refractivity contribution in [2.24, 2.45) is 0 Å². The molecule has 5 aliphatic heterocycles. The Labute approximate surface area is 389 Å². The molecule has 0 saturated carbocycles. The predicted molar refractivity (Wildman–Crippen MR) is 208 cm³/mol. The Kier molecular flexibility index (Phi) is 20.2. The number of carbonyl (C=O) groups is 3. The van der Waals surface area contributed by atoms with Gasteiger partial charge in [0.15, 0.2) is 25.2 Å². The monoisotopic (exact) mass is 1010 g/mol. The van der Waals surface area contributed by atoms with Gasteiger partial charge in [0.25, 0.3) is 5.79 Å². The molecule has 0 aromatic heterocycles. The van der Waals surface area contributed by atoms with Crippen LogP contribution in [0.1, 0.15) is 13.3 Å². The van der Waals surface area contributed by atoms with Gasteiger partial charge in [-0.2, -0.15) is 0 Å². The van der Waals surface area contributed by atoms with Crippen LogP contribution in [0.15, 0.2) is 0 Å². The van der Waals surface area contributed by atoms with Crippen LogP contribution in [0.3, 0.4) is 0 Å². The third-order valence-corrected chi connectivity index (χ3v) is 12.2. The maximum absolute atomic E-state index is 12.9. The van der Waals surface area contributed by atoms with E-state index in [1.807, 2.05) is 0 Å². The molecule has 0 unspecified atom stereocenters. The Morgan fingerprint density at radius 1 is 0.594 bits per heavy atom. The number of ether oxygens (including phenoxy) is 9. The van der Waals surface area contributed by atoms with Gasteiger partial charge in [-0.15, -0.1) is 0 Å². The molecule has 0 bridgehead atoms. The molecular weight excluding hydrogens is 952 g/mol. The van der Waals surface area contributed by atoms with Gasteiger partial charge in [0.1, 0.15) is 123 Å². The second-order valence-electron chi connectivity index (χ2n) is 16.9. The van der Waals surface area contributed by atoms with Gasteiger partial charge in [0, 0.05) is 13.3 Å². The number of aliphatic hydroxyl groups excluding tert-OH is 17. The van der Waals surface area contributed by atoms with Crippen LogP contribution in [0.5, 0.6) is 0 Å². The summed E-state index contributed by atoms with van der Waals surface area (Å²) in [5, 5.41) is 194. The van der Waals surface area contributed by atoms with Crippen molar-refractivity contribution in [3.05, 3.63) is 0 Å². The van der Waals surface area contributed by atoms with Gasteiger partial charge in [-0.05, 0) is 0 Å². The van der Waals surface area contributed by atoms with E-state index in [2.05, 4.69) is 10.6 Å². The lowest BCUT2D eigenvalue weighted by atomic mass is 9.88. The van der Waals surface area contributed by atoms with Crippen LogP contribution in [0.2, 0.25) is 0 Å². The smallest absolute Gasteiger partial charge is 0.364 e. The normalized spacial score (nSPS) is 46.1. The molecule has 26 atom stereocenters. The standard InChI is InChI=1S/C37H62N2O30/c1-9(46)38-18-22(53)27(15(7-44)64-33(18)67-30-20(51)12(4-41)62-34(25(30)56)66-28-14(6-43)61-32(58)24(55)23(28)54)65-35-26(57)31(21(52)13(5-42)63-35)69-37(36(59)60)2-10(47)17(39-16(49)8-45)29(68-37)19(50)11(48)3-40/h10-15,17-35,40-45,47-48,50-58H,2-8H2,1H3,(H,38,46)(H,39,49)(H,59,60)/t10-,11+,12+,13+,14+,15+,17+,18+,19+,20-,21-,22+,23+,24+,25+,26+,27+,28+,29+,30-,31-,32+,33-,34-,35-,37-/m0/s1. The average Bonchev–Trinajstić information content (AvgIpc) is 3.32. The van der Waals surface area contributed by atoms with Crippen LogP contribution < -0.4 is 10.6 Å². The number of amides is 2. The summed E-state index contributed by atoms with van der Waals surface area (Å²) in [7, 11) is 0. The molecule has 0 radical (unpaired) electrons. The summed E-state index contributed by atoms with van der Waals surface area (Å²) in [6.45, 7) is -5.51. The molecule has 0 aliphatic carbocycles. The molecule has 0 aromatic carbocycles. The van der Waals surface area contributed by atoms with Gasteiger partial charge in [-0.3, -0.25) is 9.59 Å². The second-order valence-corrected chi connectivity index (χ2v) is 16.9. The lowest BCUT2D eigenvalue weighted by Gasteiger charge is -2.51. The Balaban J connectivity index is 1.40. The molecule has 0 spiro atoms. The van der Waals surface area contributed by atoms with E-state index < -0.39 is 223 Å². The summed E-state index contributed by atoms with van der Waals surface area (Å²) in [4.78, 5) is 37.6. The van der Waals surface area contributed by atoms with Crippen LogP contribution in [0.25, 0.3) is 0 Å². The summed E-state index contributed by atoms with van der Waals surface area (Å²) in [6.07, 6.45) is -47.8. The van der Waals surface area contributed by atoms with Crippen LogP contribution in [-0.4, -0.2) is 308 Å². The number of aliphatic carboxylic acids is 1. The molecule has 20 N–H and O–H groups in total. The Hall–Kier alpha value is -2.63. The molecule has 32 heteroatoms. The number of hydrogen-bond donors (Lipinski definition) is 20. The predicted octanol–water partition coefficient (Wildman–Crippen LogP) is -13.5. The van der Waals surface area contributed by atoms with Gasteiger partial charge in [-0.1, -0.05) is 0 Å². The number of carboxylic acids is 1. The molecule has 2 amide bonds. The highest BCUT2D eigenvalue weighted by atomic mass is 16.8. The lowest BCUT2D eigenvalue weighted by molar-refractivity contribution is -0.390. The van der Waals surface area contributed by atoms with Crippen LogP contribution in [0, 0.1) is 0 Å². The first kappa shape index (κ1) is 57.3. The lowest BCUT2D eigenvalue weighted by Crippen LogP contribution is -2.71. The first-order valence-corrected chi connectivity index (χ1v) is 21.4. The number of aliphatic hydroxyl groups is 17. The quantitative estimate of drug-likeness (QED) is 0.0571. The molecule has 5 heterocycles. The van der Waals surface area contributed by atoms with Crippen LogP contribution in [-0.2, 0) is 57.0 Å². The minimum Gasteiger partial charge on any atom is -0.477 e. The van der Waals surface area contributed by atoms with Crippen molar-refractivity contribution in [3.8, 4) is 0 Å². The molecule has 32 nitrogen and oxygen atoms in total. The summed E-state index contributed by atoms with van der Waals surface area (Å²) >= 11 is 0. The fourth-order valence-corrected chi connectivity index (χ4v) is 8.54. The fourth-order valence-electron chi connectivity index (χ4n) is 8.54. The van der Waals surface area contributed by atoms with Crippen molar-refractivity contribution in [3.63, 3.8) is 0 Å². The first-order chi connectivity index (χ1) is 32.5. The topological polar surface area (TPSA) is 522 Å². The fraction of sp³-hybridized carbons (Fsp3) is 0.919. The molecule has 5 saturated heterocycles. The minimum atomic E-state index is -3.23. The maximum Gasteiger partial charge on any atom is 0.364 e. The number of nitrogens with one attached hydrogen (secondary N) is 2. The summed E-state index contributed by atoms with van der Waals surface area (Å²) in [5.41, 5.74) is 0. The van der Waals surface area contributed by atoms with Gasteiger partial charge in [0.2, 0.25) is 11.8 Å². The van der Waals surface area contributed by atoms with E-state index in [1.165, 1.54) is 0 Å². The molecule has 69 heavy (non-hydrogen) atoms. The van der Waals surface area contributed by atoms with E-state index in [0.29, 0.717) is 0 Å². The third-order valence-electron chi connectivity index (χ3n) is 12.2. The van der Waals surface area contributed by atoms with Gasteiger partial charge in [-0.25, -0.2) is 4.79 Å². The highest BCUT2D eigenvalue weighted by Gasteiger charge is 2.61. The van der Waals surface area contributed by atoms with Gasteiger partial charge < -0.3 is 145 Å². The number of hydrogen-bond acceptors (Lipinski definition) is 29. The Bertz CT molecular complexity index is 1670. The summed E-state index contributed by atoms with van der Waals surface area (Å²) in [5.74, 6) is -7.40. The van der Waals surface area contributed by atoms with Crippen molar-refractivity contribution < 1.29 is 149 Å². The average molecular weight is 1010 g/mol. The van der Waals surface area contributed by atoms with E-state index in [-0.39, 0.29) is 0 Å². The molecular formula is C37H62N2O30. The molecule has 5 fully saturated rings. The number of carbonyl (C=O) groups excluding carboxylic acids is 2. The Morgan fingerprint density at radius 2 is 1.09 bits per heavy atom. The first-order valence-electron chi connectivity index (χ1n) is 21.4. The zero-order chi connectivity index (χ0) is 51.4. The van der Waals surface area contributed by atoms with E-state index in [1.54, 1.807) is 0 Å². The van der Waals surface area contributed by atoms with E-state index in [0.717, 1.165) is 6.92 Å². The SMILES string of the molecule is CC(=O)N[C@H]1[C@H](O[C@H]2[C@@H](O)[C@@H](CO)O[C@@H](O[C@H]3[C@H](O)[C@@H](O)[C@H](O)O[C@@H]3CO)[C@@H]2O)O[C@H](CO)[C@@H](O[C@@H]2O[C@H](CO)[C@H](O)[C@H](O[C@]3(C(=O)O)C[C@H](O)[C@@H](NC(=O)CO)[C@H]([C@H](O)[C@H](O)CO)O3)[C@H]2O)[C@@H]1O. The van der Waals surface area contributed by atoms with Crippen molar-refractivity contribution in [2.45, 2.75) is 172 Å².